The van der Waals surface area contributed by atoms with Gasteiger partial charge in [0.2, 0.25) is 5.91 Å². The summed E-state index contributed by atoms with van der Waals surface area (Å²) in [5.41, 5.74) is 3.29. The number of benzene rings is 1. The average Bonchev–Trinajstić information content (AvgIpc) is 2.51. The molecule has 4 nitrogen and oxygen atoms in total. The van der Waals surface area contributed by atoms with Crippen molar-refractivity contribution in [2.75, 3.05) is 26.7 Å². The average molecular weight is 314 g/mol. The van der Waals surface area contributed by atoms with E-state index in [-0.39, 0.29) is 17.2 Å². The molecule has 1 aromatic carbocycles. The molecule has 0 bridgehead atoms. The molecule has 3 rings (SSSR count). The van der Waals surface area contributed by atoms with E-state index in [0.29, 0.717) is 6.42 Å². The Kier molecular flexibility index (Phi) is 4.17. The van der Waals surface area contributed by atoms with Crippen LogP contribution in [0, 0.1) is 19.3 Å². The lowest BCUT2D eigenvalue weighted by Gasteiger charge is -2.46. The topological polar surface area (TPSA) is 40.6 Å². The van der Waals surface area contributed by atoms with Gasteiger partial charge in [0.1, 0.15) is 0 Å². The summed E-state index contributed by atoms with van der Waals surface area (Å²) in [6.07, 6.45) is 3.63. The first-order chi connectivity index (χ1) is 10.9. The van der Waals surface area contributed by atoms with E-state index in [2.05, 4.69) is 6.07 Å². The minimum absolute atomic E-state index is 0.145. The molecule has 0 saturated carbocycles. The van der Waals surface area contributed by atoms with Crippen molar-refractivity contribution in [3.8, 4) is 0 Å². The number of hydrogen-bond acceptors (Lipinski definition) is 2. The summed E-state index contributed by atoms with van der Waals surface area (Å²) < 4.78 is 0. The van der Waals surface area contributed by atoms with Gasteiger partial charge in [0.05, 0.1) is 0 Å². The van der Waals surface area contributed by atoms with Crippen LogP contribution >= 0.6 is 0 Å². The van der Waals surface area contributed by atoms with Crippen LogP contribution in [0.1, 0.15) is 47.2 Å². The predicted octanol–water partition coefficient (Wildman–Crippen LogP) is 2.78. The summed E-state index contributed by atoms with van der Waals surface area (Å²) in [6, 6.07) is 6.05. The number of amides is 2. The number of rotatable bonds is 1. The third-order valence-electron chi connectivity index (χ3n) is 5.45. The van der Waals surface area contributed by atoms with Crippen molar-refractivity contribution in [2.45, 2.75) is 39.5 Å². The maximum atomic E-state index is 12.8. The summed E-state index contributed by atoms with van der Waals surface area (Å²) in [4.78, 5) is 28.3. The number of nitrogens with zero attached hydrogens (tertiary/aromatic N) is 2. The van der Waals surface area contributed by atoms with E-state index < -0.39 is 0 Å². The Morgan fingerprint density at radius 3 is 2.22 bits per heavy atom. The summed E-state index contributed by atoms with van der Waals surface area (Å²) in [6.45, 7) is 6.51. The molecule has 0 aliphatic carbocycles. The zero-order valence-corrected chi connectivity index (χ0v) is 14.4. The molecule has 0 unspecified atom stereocenters. The quantitative estimate of drug-likeness (QED) is 0.800. The molecule has 0 atom stereocenters. The fourth-order valence-electron chi connectivity index (χ4n) is 4.11. The first-order valence-electron chi connectivity index (χ1n) is 8.50. The Labute approximate surface area is 138 Å². The monoisotopic (exact) mass is 314 g/mol. The second-order valence-electron chi connectivity index (χ2n) is 7.42. The van der Waals surface area contributed by atoms with Crippen LogP contribution in [-0.4, -0.2) is 48.3 Å². The summed E-state index contributed by atoms with van der Waals surface area (Å²) >= 11 is 0. The molecule has 2 aliphatic heterocycles. The molecule has 2 aliphatic rings. The number of likely N-dealkylation sites (tertiary alicyclic amines) is 2. The fourth-order valence-corrected chi connectivity index (χ4v) is 4.11. The standard InChI is InChI=1S/C19H26N2O2/c1-14-10-15(2)12-16(11-14)18(23)21-8-6-19(7-9-21)5-4-17(22)20(3)13-19/h10-12H,4-9,13H2,1-3H3. The second-order valence-corrected chi connectivity index (χ2v) is 7.42. The highest BCUT2D eigenvalue weighted by molar-refractivity contribution is 5.94. The van der Waals surface area contributed by atoms with Gasteiger partial charge < -0.3 is 9.80 Å². The lowest BCUT2D eigenvalue weighted by atomic mass is 9.72. The third-order valence-corrected chi connectivity index (χ3v) is 5.45. The molecule has 1 aromatic rings. The maximum absolute atomic E-state index is 12.8. The molecule has 0 radical (unpaired) electrons. The summed E-state index contributed by atoms with van der Waals surface area (Å²) in [7, 11) is 1.90. The van der Waals surface area contributed by atoms with Gasteiger partial charge in [-0.3, -0.25) is 9.59 Å². The van der Waals surface area contributed by atoms with Gasteiger partial charge >= 0.3 is 0 Å². The Morgan fingerprint density at radius 2 is 1.65 bits per heavy atom. The number of aryl methyl sites for hydroxylation is 2. The van der Waals surface area contributed by atoms with E-state index in [0.717, 1.165) is 55.6 Å². The molecular weight excluding hydrogens is 288 g/mol. The van der Waals surface area contributed by atoms with Crippen molar-refractivity contribution in [3.63, 3.8) is 0 Å². The van der Waals surface area contributed by atoms with Crippen LogP contribution in [0.25, 0.3) is 0 Å². The van der Waals surface area contributed by atoms with Crippen molar-refractivity contribution in [2.24, 2.45) is 5.41 Å². The Morgan fingerprint density at radius 1 is 1.04 bits per heavy atom. The van der Waals surface area contributed by atoms with E-state index in [1.165, 1.54) is 0 Å². The highest BCUT2D eigenvalue weighted by Crippen LogP contribution is 2.40. The van der Waals surface area contributed by atoms with E-state index in [4.69, 9.17) is 0 Å². The molecule has 124 valence electrons. The molecular formula is C19H26N2O2. The van der Waals surface area contributed by atoms with Crippen molar-refractivity contribution >= 4 is 11.8 Å². The zero-order chi connectivity index (χ0) is 16.6. The number of carbonyl (C=O) groups excluding carboxylic acids is 2. The summed E-state index contributed by atoms with van der Waals surface area (Å²) in [5.74, 6) is 0.399. The normalized spacial score (nSPS) is 20.9. The molecule has 4 heteroatoms. The van der Waals surface area contributed by atoms with Crippen LogP contribution in [0.15, 0.2) is 18.2 Å². The highest BCUT2D eigenvalue weighted by atomic mass is 16.2. The van der Waals surface area contributed by atoms with Crippen LogP contribution in [0.4, 0.5) is 0 Å². The highest BCUT2D eigenvalue weighted by Gasteiger charge is 2.40. The van der Waals surface area contributed by atoms with Gasteiger partial charge in [-0.15, -0.1) is 0 Å². The van der Waals surface area contributed by atoms with Gasteiger partial charge in [-0.05, 0) is 50.7 Å². The van der Waals surface area contributed by atoms with Crippen molar-refractivity contribution < 1.29 is 9.59 Å². The van der Waals surface area contributed by atoms with Gasteiger partial charge in [0.15, 0.2) is 0 Å². The van der Waals surface area contributed by atoms with Crippen molar-refractivity contribution in [3.05, 3.63) is 34.9 Å². The largest absolute Gasteiger partial charge is 0.345 e. The van der Waals surface area contributed by atoms with Gasteiger partial charge in [0.25, 0.3) is 5.91 Å². The van der Waals surface area contributed by atoms with E-state index >= 15 is 0 Å². The van der Waals surface area contributed by atoms with Gasteiger partial charge in [-0.25, -0.2) is 0 Å². The smallest absolute Gasteiger partial charge is 0.253 e. The first-order valence-corrected chi connectivity index (χ1v) is 8.50. The first kappa shape index (κ1) is 16.0. The van der Waals surface area contributed by atoms with E-state index in [1.807, 2.05) is 42.8 Å². The summed E-state index contributed by atoms with van der Waals surface area (Å²) in [5, 5.41) is 0. The van der Waals surface area contributed by atoms with Gasteiger partial charge in [0, 0.05) is 38.7 Å². The second kappa shape index (κ2) is 5.99. The maximum Gasteiger partial charge on any atom is 0.253 e. The lowest BCUT2D eigenvalue weighted by molar-refractivity contribution is -0.137. The van der Waals surface area contributed by atoms with Crippen molar-refractivity contribution in [1.82, 2.24) is 9.80 Å². The predicted molar refractivity (Wildman–Crippen MR) is 90.4 cm³/mol. The molecule has 2 heterocycles. The molecule has 23 heavy (non-hydrogen) atoms. The minimum Gasteiger partial charge on any atom is -0.345 e. The van der Waals surface area contributed by atoms with Crippen LogP contribution in [0.5, 0.6) is 0 Å². The number of hydrogen-bond donors (Lipinski definition) is 0. The van der Waals surface area contributed by atoms with Crippen molar-refractivity contribution in [1.29, 1.82) is 0 Å². The molecule has 1 spiro atoms. The molecule has 2 amide bonds. The SMILES string of the molecule is Cc1cc(C)cc(C(=O)N2CCC3(CCC(=O)N(C)C3)CC2)c1. The van der Waals surface area contributed by atoms with E-state index in [1.54, 1.807) is 0 Å². The lowest BCUT2D eigenvalue weighted by Crippen LogP contribution is -2.51. The van der Waals surface area contributed by atoms with Crippen LogP contribution in [-0.2, 0) is 4.79 Å². The van der Waals surface area contributed by atoms with E-state index in [9.17, 15) is 9.59 Å². The van der Waals surface area contributed by atoms with Crippen LogP contribution < -0.4 is 0 Å². The Balaban J connectivity index is 1.67. The van der Waals surface area contributed by atoms with Crippen LogP contribution in [0.2, 0.25) is 0 Å². The zero-order valence-electron chi connectivity index (χ0n) is 14.4. The molecule has 0 N–H and O–H groups in total. The molecule has 2 saturated heterocycles. The van der Waals surface area contributed by atoms with Crippen LogP contribution in [0.3, 0.4) is 0 Å². The fraction of sp³-hybridized carbons (Fsp3) is 0.579. The Hall–Kier alpha value is -1.84. The number of carbonyl (C=O) groups is 2. The Bertz CT molecular complexity index is 610. The molecule has 0 aromatic heterocycles. The molecule has 2 fully saturated rings. The third kappa shape index (κ3) is 3.26. The van der Waals surface area contributed by atoms with Gasteiger partial charge in [-0.1, -0.05) is 17.2 Å². The number of piperidine rings is 2. The van der Waals surface area contributed by atoms with Gasteiger partial charge in [-0.2, -0.15) is 0 Å². The minimum atomic E-state index is 0.145.